The van der Waals surface area contributed by atoms with Gasteiger partial charge in [-0.3, -0.25) is 4.79 Å². The highest BCUT2D eigenvalue weighted by atomic mass is 32.2. The molecule has 220 valence electrons. The fourth-order valence-corrected chi connectivity index (χ4v) is 6.42. The molecule has 0 bridgehead atoms. The van der Waals surface area contributed by atoms with Gasteiger partial charge in [0, 0.05) is 38.8 Å². The van der Waals surface area contributed by atoms with E-state index in [2.05, 4.69) is 14.7 Å². The normalized spacial score (nSPS) is 12.7. The number of methoxy groups -OCH3 is 1. The fraction of sp³-hybridized carbons (Fsp3) is 0.241. The molecular formula is C29H31N5O6S2. The number of nitrogens with one attached hydrogen (secondary N) is 1. The van der Waals surface area contributed by atoms with Crippen LogP contribution in [0.2, 0.25) is 0 Å². The van der Waals surface area contributed by atoms with Gasteiger partial charge in [0.25, 0.3) is 5.91 Å². The molecule has 11 nitrogen and oxygen atoms in total. The number of rotatable bonds is 12. The van der Waals surface area contributed by atoms with Crippen LogP contribution in [0.1, 0.15) is 39.5 Å². The first-order valence-electron chi connectivity index (χ1n) is 12.9. The zero-order valence-electron chi connectivity index (χ0n) is 23.3. The minimum absolute atomic E-state index is 0.00103. The molecule has 0 saturated heterocycles. The van der Waals surface area contributed by atoms with Crippen molar-refractivity contribution in [3.8, 4) is 0 Å². The minimum Gasteiger partial charge on any atom is -0.383 e. The van der Waals surface area contributed by atoms with Gasteiger partial charge in [-0.1, -0.05) is 41.6 Å². The van der Waals surface area contributed by atoms with Crippen LogP contribution in [0.25, 0.3) is 10.2 Å². The van der Waals surface area contributed by atoms with Crippen molar-refractivity contribution in [1.82, 2.24) is 14.6 Å². The number of para-hydroxylation sites is 1. The molecule has 1 heterocycles. The van der Waals surface area contributed by atoms with Gasteiger partial charge < -0.3 is 20.2 Å². The van der Waals surface area contributed by atoms with Crippen LogP contribution in [0.5, 0.6) is 0 Å². The SMILES string of the molecule is COCCN(C)C(=O)c1cccc(S(=O)(=O)NC(Cc2cccc(/C(N)=N\OC(C)=O)c2)c2nc3ccccc3s2)c1. The number of benzene rings is 3. The largest absolute Gasteiger partial charge is 0.383 e. The molecule has 0 saturated carbocycles. The molecular weight excluding hydrogens is 578 g/mol. The second kappa shape index (κ2) is 13.7. The number of thiazole rings is 1. The number of ether oxygens (including phenoxy) is 1. The third-order valence-electron chi connectivity index (χ3n) is 6.21. The Kier molecular flexibility index (Phi) is 10.0. The Labute approximate surface area is 248 Å². The molecule has 1 aromatic heterocycles. The summed E-state index contributed by atoms with van der Waals surface area (Å²) >= 11 is 1.39. The topological polar surface area (TPSA) is 153 Å². The summed E-state index contributed by atoms with van der Waals surface area (Å²) in [6.45, 7) is 1.93. The third-order valence-corrected chi connectivity index (χ3v) is 8.83. The lowest BCUT2D eigenvalue weighted by molar-refractivity contribution is -0.140. The van der Waals surface area contributed by atoms with Crippen LogP contribution < -0.4 is 10.5 Å². The van der Waals surface area contributed by atoms with Crippen LogP contribution in [0.3, 0.4) is 0 Å². The standard InChI is InChI=1S/C29H31N5O6S2/c1-19(35)40-32-27(30)21-9-6-8-20(16-21)17-25(28-31-24-12-4-5-13-26(24)41-28)33-42(37,38)23-11-7-10-22(18-23)29(36)34(2)14-15-39-3/h4-13,16,18,25,33H,14-15,17H2,1-3H3,(H2,30,32). The first kappa shape index (κ1) is 30.8. The van der Waals surface area contributed by atoms with Crippen molar-refractivity contribution in [2.24, 2.45) is 10.9 Å². The minimum atomic E-state index is -4.09. The predicted molar refractivity (Wildman–Crippen MR) is 161 cm³/mol. The molecule has 0 spiro atoms. The Morgan fingerprint density at radius 1 is 1.07 bits per heavy atom. The molecule has 1 atom stereocenters. The number of nitrogens with two attached hydrogens (primary N) is 1. The number of amidine groups is 1. The second-order valence-corrected chi connectivity index (χ2v) is 12.2. The highest BCUT2D eigenvalue weighted by molar-refractivity contribution is 7.89. The first-order chi connectivity index (χ1) is 20.1. The lowest BCUT2D eigenvalue weighted by Gasteiger charge is -2.19. The van der Waals surface area contributed by atoms with E-state index in [9.17, 15) is 18.0 Å². The summed E-state index contributed by atoms with van der Waals surface area (Å²) in [5.74, 6) is -0.926. The molecule has 0 aliphatic rings. The van der Waals surface area contributed by atoms with Crippen molar-refractivity contribution in [3.05, 3.63) is 94.5 Å². The van der Waals surface area contributed by atoms with E-state index in [1.807, 2.05) is 30.3 Å². The first-order valence-corrected chi connectivity index (χ1v) is 15.2. The molecule has 3 N–H and O–H groups in total. The molecule has 0 fully saturated rings. The number of sulfonamides is 1. The Balaban J connectivity index is 1.66. The number of carbonyl (C=O) groups is 2. The number of amides is 1. The number of oxime groups is 1. The van der Waals surface area contributed by atoms with Gasteiger partial charge in [0.1, 0.15) is 5.01 Å². The maximum Gasteiger partial charge on any atom is 0.332 e. The molecule has 3 aromatic carbocycles. The second-order valence-electron chi connectivity index (χ2n) is 9.40. The zero-order chi connectivity index (χ0) is 30.3. The molecule has 0 aliphatic heterocycles. The van der Waals surface area contributed by atoms with Crippen LogP contribution in [-0.4, -0.2) is 63.3 Å². The molecule has 4 rings (SSSR count). The predicted octanol–water partition coefficient (Wildman–Crippen LogP) is 3.46. The fourth-order valence-electron chi connectivity index (χ4n) is 4.08. The van der Waals surface area contributed by atoms with E-state index in [0.717, 1.165) is 15.8 Å². The number of fused-ring (bicyclic) bond motifs is 1. The average Bonchev–Trinajstić information content (AvgIpc) is 3.42. The molecule has 1 unspecified atom stereocenters. The van der Waals surface area contributed by atoms with Gasteiger partial charge >= 0.3 is 5.97 Å². The van der Waals surface area contributed by atoms with Crippen LogP contribution in [0.4, 0.5) is 0 Å². The number of likely N-dealkylation sites (N-methyl/N-ethyl adjacent to an activating group) is 1. The summed E-state index contributed by atoms with van der Waals surface area (Å²) < 4.78 is 36.1. The number of hydrogen-bond donors (Lipinski definition) is 2. The van der Waals surface area contributed by atoms with Crippen molar-refractivity contribution >= 4 is 49.3 Å². The van der Waals surface area contributed by atoms with Crippen molar-refractivity contribution in [2.45, 2.75) is 24.3 Å². The van der Waals surface area contributed by atoms with Gasteiger partial charge in [-0.2, -0.15) is 0 Å². The van der Waals surface area contributed by atoms with Crippen molar-refractivity contribution < 1.29 is 27.6 Å². The highest BCUT2D eigenvalue weighted by Crippen LogP contribution is 2.30. The van der Waals surface area contributed by atoms with Gasteiger partial charge in [0.15, 0.2) is 5.84 Å². The Morgan fingerprint density at radius 3 is 2.55 bits per heavy atom. The van der Waals surface area contributed by atoms with Crippen molar-refractivity contribution in [1.29, 1.82) is 0 Å². The molecule has 0 aliphatic carbocycles. The third kappa shape index (κ3) is 7.76. The Hall–Kier alpha value is -4.17. The van der Waals surface area contributed by atoms with Crippen molar-refractivity contribution in [3.63, 3.8) is 0 Å². The summed E-state index contributed by atoms with van der Waals surface area (Å²) in [5.41, 5.74) is 8.21. The smallest absolute Gasteiger partial charge is 0.332 e. The maximum absolute atomic E-state index is 13.7. The summed E-state index contributed by atoms with van der Waals surface area (Å²) in [6, 6.07) is 19.7. The van der Waals surface area contributed by atoms with Crippen LogP contribution in [0, 0.1) is 0 Å². The van der Waals surface area contributed by atoms with Crippen molar-refractivity contribution in [2.75, 3.05) is 27.3 Å². The van der Waals surface area contributed by atoms with Crippen LogP contribution >= 0.6 is 11.3 Å². The number of carbonyl (C=O) groups excluding carboxylic acids is 2. The van der Waals surface area contributed by atoms with E-state index in [4.69, 9.17) is 15.5 Å². The lowest BCUT2D eigenvalue weighted by Crippen LogP contribution is -2.31. The molecule has 42 heavy (non-hydrogen) atoms. The number of hydrogen-bond acceptors (Lipinski definition) is 9. The summed E-state index contributed by atoms with van der Waals surface area (Å²) in [4.78, 5) is 34.8. The highest BCUT2D eigenvalue weighted by Gasteiger charge is 2.26. The zero-order valence-corrected chi connectivity index (χ0v) is 24.9. The molecule has 4 aromatic rings. The van der Waals surface area contributed by atoms with Crippen LogP contribution in [0.15, 0.2) is 82.8 Å². The molecule has 1 amide bonds. The Bertz CT molecular complexity index is 1690. The van der Waals surface area contributed by atoms with E-state index in [0.29, 0.717) is 23.7 Å². The lowest BCUT2D eigenvalue weighted by atomic mass is 10.0. The van der Waals surface area contributed by atoms with E-state index in [1.165, 1.54) is 41.4 Å². The van der Waals surface area contributed by atoms with Gasteiger partial charge in [-0.25, -0.2) is 22.9 Å². The van der Waals surface area contributed by atoms with Gasteiger partial charge in [0.2, 0.25) is 10.0 Å². The summed E-state index contributed by atoms with van der Waals surface area (Å²) in [6.07, 6.45) is 0.228. The van der Waals surface area contributed by atoms with Gasteiger partial charge in [-0.05, 0) is 48.4 Å². The quantitative estimate of drug-likeness (QED) is 0.107. The molecule has 0 radical (unpaired) electrons. The monoisotopic (exact) mass is 609 g/mol. The number of aromatic nitrogens is 1. The van der Waals surface area contributed by atoms with E-state index in [1.54, 1.807) is 38.4 Å². The Morgan fingerprint density at radius 2 is 1.81 bits per heavy atom. The van der Waals surface area contributed by atoms with E-state index in [-0.39, 0.29) is 28.6 Å². The summed E-state index contributed by atoms with van der Waals surface area (Å²) in [5, 5.41) is 4.20. The van der Waals surface area contributed by atoms with Gasteiger partial charge in [0.05, 0.1) is 27.8 Å². The van der Waals surface area contributed by atoms with Gasteiger partial charge in [-0.15, -0.1) is 11.3 Å². The van der Waals surface area contributed by atoms with E-state index >= 15 is 0 Å². The number of nitrogens with zero attached hydrogens (tertiary/aromatic N) is 3. The maximum atomic E-state index is 13.7. The average molecular weight is 610 g/mol. The van der Waals surface area contributed by atoms with Crippen LogP contribution in [-0.2, 0) is 30.8 Å². The molecule has 13 heteroatoms. The van der Waals surface area contributed by atoms with E-state index < -0.39 is 22.0 Å². The summed E-state index contributed by atoms with van der Waals surface area (Å²) in [7, 11) is -0.924.